The van der Waals surface area contributed by atoms with Crippen LogP contribution in [0, 0.1) is 13.8 Å². The molecule has 0 fully saturated rings. The highest BCUT2D eigenvalue weighted by Crippen LogP contribution is 2.32. The second-order valence-electron chi connectivity index (χ2n) is 5.25. The van der Waals surface area contributed by atoms with Crippen LogP contribution in [0.4, 0.5) is 5.82 Å². The van der Waals surface area contributed by atoms with Crippen molar-refractivity contribution in [1.82, 2.24) is 10.1 Å². The van der Waals surface area contributed by atoms with Crippen LogP contribution in [0.2, 0.25) is 0 Å². The van der Waals surface area contributed by atoms with Crippen LogP contribution in [0.15, 0.2) is 45.9 Å². The van der Waals surface area contributed by atoms with Crippen LogP contribution >= 0.6 is 0 Å². The Hall–Kier alpha value is -2.67. The Morgan fingerprint density at radius 1 is 1.09 bits per heavy atom. The lowest BCUT2D eigenvalue weighted by Gasteiger charge is -2.09. The van der Waals surface area contributed by atoms with Gasteiger partial charge in [0.25, 0.3) is 0 Å². The van der Waals surface area contributed by atoms with Gasteiger partial charge in [-0.3, -0.25) is 0 Å². The number of hydrogen-bond acceptors (Lipinski definition) is 6. The lowest BCUT2D eigenvalue weighted by molar-refractivity contribution is 0.427. The topological polar surface area (TPSA) is 99.1 Å². The maximum Gasteiger partial charge on any atom is 0.170 e. The van der Waals surface area contributed by atoms with Gasteiger partial charge in [-0.15, -0.1) is 0 Å². The van der Waals surface area contributed by atoms with Crippen LogP contribution in [0.25, 0.3) is 22.5 Å². The van der Waals surface area contributed by atoms with Crippen molar-refractivity contribution < 1.29 is 12.9 Å². The fourth-order valence-corrected chi connectivity index (χ4v) is 2.78. The van der Waals surface area contributed by atoms with Gasteiger partial charge in [-0.1, -0.05) is 11.2 Å². The zero-order valence-corrected chi connectivity index (χ0v) is 13.5. The van der Waals surface area contributed by atoms with Crippen LogP contribution in [0.1, 0.15) is 11.3 Å². The lowest BCUT2D eigenvalue weighted by Crippen LogP contribution is -1.95. The van der Waals surface area contributed by atoms with Gasteiger partial charge in [0.05, 0.1) is 16.2 Å². The summed E-state index contributed by atoms with van der Waals surface area (Å²) >= 11 is 0. The third kappa shape index (κ3) is 2.95. The van der Waals surface area contributed by atoms with Crippen LogP contribution in [0.5, 0.6) is 0 Å². The Kier molecular flexibility index (Phi) is 3.87. The van der Waals surface area contributed by atoms with E-state index < -0.39 is 10.7 Å². The van der Waals surface area contributed by atoms with E-state index in [9.17, 15) is 8.42 Å². The van der Waals surface area contributed by atoms with Gasteiger partial charge in [-0.25, -0.2) is 13.4 Å². The lowest BCUT2D eigenvalue weighted by atomic mass is 10.00. The summed E-state index contributed by atoms with van der Waals surface area (Å²) in [5.74, 6) is 0.853. The number of hydrogen-bond donors (Lipinski definition) is 2. The van der Waals surface area contributed by atoms with Crippen LogP contribution in [0.3, 0.4) is 0 Å². The minimum Gasteiger partial charge on any atom is -0.383 e. The second-order valence-corrected chi connectivity index (χ2v) is 6.28. The molecule has 118 valence electrons. The molecule has 0 bridgehead atoms. The first-order valence-electron chi connectivity index (χ1n) is 6.90. The largest absolute Gasteiger partial charge is 0.383 e. The Balaban J connectivity index is 2.17. The molecule has 0 saturated heterocycles. The van der Waals surface area contributed by atoms with E-state index in [-0.39, 0.29) is 4.90 Å². The number of nitrogen functional groups attached to an aromatic ring is 1. The SMILES string of the molecule is Cc1cc(-c2cc(-c3cc([SH](=O)=O)ccc3C)cnc2N)on1. The van der Waals surface area contributed by atoms with E-state index in [0.717, 1.165) is 22.4 Å². The van der Waals surface area contributed by atoms with Crippen molar-refractivity contribution in [2.75, 3.05) is 5.73 Å². The van der Waals surface area contributed by atoms with Gasteiger partial charge in [0.2, 0.25) is 0 Å². The quantitative estimate of drug-likeness (QED) is 0.717. The number of aromatic nitrogens is 2. The Labute approximate surface area is 134 Å². The summed E-state index contributed by atoms with van der Waals surface area (Å²) in [5.41, 5.74) is 9.78. The Bertz CT molecular complexity index is 953. The summed E-state index contributed by atoms with van der Waals surface area (Å²) in [5, 5.41) is 3.85. The number of aryl methyl sites for hydroxylation is 2. The Morgan fingerprint density at radius 2 is 1.87 bits per heavy atom. The molecule has 0 radical (unpaired) electrons. The molecular weight excluding hydrogens is 314 g/mol. The smallest absolute Gasteiger partial charge is 0.170 e. The van der Waals surface area contributed by atoms with Crippen LogP contribution < -0.4 is 5.73 Å². The first-order chi connectivity index (χ1) is 11.0. The van der Waals surface area contributed by atoms with Crippen molar-refractivity contribution >= 4 is 16.5 Å². The molecule has 0 aliphatic carbocycles. The normalized spacial score (nSPS) is 11.1. The monoisotopic (exact) mass is 329 g/mol. The highest BCUT2D eigenvalue weighted by atomic mass is 32.2. The number of nitrogens with two attached hydrogens (primary N) is 1. The van der Waals surface area contributed by atoms with Crippen molar-refractivity contribution in [3.63, 3.8) is 0 Å². The molecule has 3 rings (SSSR count). The van der Waals surface area contributed by atoms with Gasteiger partial charge in [0, 0.05) is 17.8 Å². The van der Waals surface area contributed by atoms with Crippen molar-refractivity contribution in [3.8, 4) is 22.5 Å². The molecule has 7 heteroatoms. The number of thiol groups is 1. The predicted molar refractivity (Wildman–Crippen MR) is 87.6 cm³/mol. The van der Waals surface area contributed by atoms with E-state index in [1.165, 1.54) is 0 Å². The van der Waals surface area contributed by atoms with E-state index in [0.29, 0.717) is 17.1 Å². The highest BCUT2D eigenvalue weighted by molar-refractivity contribution is 7.72. The molecule has 0 spiro atoms. The van der Waals surface area contributed by atoms with Gasteiger partial charge in [-0.2, -0.15) is 0 Å². The molecule has 2 heterocycles. The molecule has 1 aromatic carbocycles. The fraction of sp³-hybridized carbons (Fsp3) is 0.125. The number of anilines is 1. The van der Waals surface area contributed by atoms with E-state index in [2.05, 4.69) is 10.1 Å². The molecule has 0 atom stereocenters. The third-order valence-corrected chi connectivity index (χ3v) is 4.25. The van der Waals surface area contributed by atoms with Gasteiger partial charge in [0.1, 0.15) is 5.82 Å². The molecule has 0 saturated carbocycles. The maximum absolute atomic E-state index is 11.2. The summed E-state index contributed by atoms with van der Waals surface area (Å²) in [6, 6.07) is 8.57. The summed E-state index contributed by atoms with van der Waals surface area (Å²) < 4.78 is 27.7. The summed E-state index contributed by atoms with van der Waals surface area (Å²) in [4.78, 5) is 4.45. The van der Waals surface area contributed by atoms with Gasteiger partial charge in [0.15, 0.2) is 16.5 Å². The third-order valence-electron chi connectivity index (χ3n) is 3.55. The molecule has 0 unspecified atom stereocenters. The van der Waals surface area contributed by atoms with E-state index in [1.807, 2.05) is 19.9 Å². The molecule has 0 aliphatic heterocycles. The number of rotatable bonds is 3. The summed E-state index contributed by atoms with van der Waals surface area (Å²) in [6.45, 7) is 3.73. The van der Waals surface area contributed by atoms with Crippen molar-refractivity contribution in [2.45, 2.75) is 18.7 Å². The number of benzene rings is 1. The zero-order valence-electron chi connectivity index (χ0n) is 12.6. The first kappa shape index (κ1) is 15.2. The average molecular weight is 329 g/mol. The molecule has 0 amide bonds. The minimum atomic E-state index is -2.64. The second kappa shape index (κ2) is 5.85. The van der Waals surface area contributed by atoms with Crippen molar-refractivity contribution in [2.24, 2.45) is 0 Å². The summed E-state index contributed by atoms with van der Waals surface area (Å²) in [7, 11) is -2.64. The molecular formula is C16H15N3O3S. The van der Waals surface area contributed by atoms with Crippen molar-refractivity contribution in [3.05, 3.63) is 47.8 Å². The van der Waals surface area contributed by atoms with Crippen LogP contribution in [-0.4, -0.2) is 18.6 Å². The first-order valence-corrected chi connectivity index (χ1v) is 8.08. The van der Waals surface area contributed by atoms with Gasteiger partial charge >= 0.3 is 0 Å². The van der Waals surface area contributed by atoms with Gasteiger partial charge in [-0.05, 0) is 43.2 Å². The fourth-order valence-electron chi connectivity index (χ4n) is 2.35. The molecule has 2 N–H and O–H groups in total. The molecule has 23 heavy (non-hydrogen) atoms. The molecule has 6 nitrogen and oxygen atoms in total. The minimum absolute atomic E-state index is 0.259. The van der Waals surface area contributed by atoms with Gasteiger partial charge < -0.3 is 10.3 Å². The highest BCUT2D eigenvalue weighted by Gasteiger charge is 2.13. The molecule has 0 aliphatic rings. The number of pyridine rings is 1. The zero-order chi connectivity index (χ0) is 16.6. The number of nitrogens with zero attached hydrogens (tertiary/aromatic N) is 2. The predicted octanol–water partition coefficient (Wildman–Crippen LogP) is 2.57. The molecule has 3 aromatic rings. The van der Waals surface area contributed by atoms with E-state index in [1.54, 1.807) is 30.5 Å². The summed E-state index contributed by atoms with van der Waals surface area (Å²) in [6.07, 6.45) is 1.62. The maximum atomic E-state index is 11.2. The standard InChI is InChI=1S/C16H15N3O3S/c1-9-3-4-12(23(20)21)7-13(9)11-6-14(16(17)18-8-11)15-5-10(2)19-22-15/h3-8,23H,1-2H3,(H2,17,18). The van der Waals surface area contributed by atoms with Crippen LogP contribution in [-0.2, 0) is 10.7 Å². The Morgan fingerprint density at radius 3 is 2.52 bits per heavy atom. The molecule has 2 aromatic heterocycles. The van der Waals surface area contributed by atoms with Crippen molar-refractivity contribution in [1.29, 1.82) is 0 Å². The van der Waals surface area contributed by atoms with E-state index in [4.69, 9.17) is 10.3 Å². The van der Waals surface area contributed by atoms with E-state index >= 15 is 0 Å². The average Bonchev–Trinajstić information content (AvgIpc) is 2.94.